The first-order valence-corrected chi connectivity index (χ1v) is 6.00. The van der Waals surface area contributed by atoms with Crippen molar-refractivity contribution in [2.45, 2.75) is 45.6 Å². The molecule has 2 heteroatoms. The molecule has 0 atom stereocenters. The van der Waals surface area contributed by atoms with Gasteiger partial charge in [-0.25, -0.2) is 0 Å². The van der Waals surface area contributed by atoms with Crippen LogP contribution >= 0.6 is 0 Å². The van der Waals surface area contributed by atoms with Crippen molar-refractivity contribution in [1.82, 2.24) is 0 Å². The molecule has 1 saturated carbocycles. The van der Waals surface area contributed by atoms with Crippen LogP contribution in [0.3, 0.4) is 0 Å². The summed E-state index contributed by atoms with van der Waals surface area (Å²) in [6, 6.07) is 6.93. The molecule has 0 unspecified atom stereocenters. The molecule has 0 spiro atoms. The van der Waals surface area contributed by atoms with Crippen molar-refractivity contribution in [2.24, 2.45) is 0 Å². The zero-order chi connectivity index (χ0) is 11.5. The van der Waals surface area contributed by atoms with E-state index in [1.807, 2.05) is 0 Å². The van der Waals surface area contributed by atoms with Gasteiger partial charge in [0.1, 0.15) is 5.78 Å². The topological polar surface area (TPSA) is 29.1 Å². The smallest absolute Gasteiger partial charge is 0.133 e. The Hall–Kier alpha value is -1.31. The number of rotatable bonds is 2. The number of aryl methyl sites for hydroxylation is 2. The largest absolute Gasteiger partial charge is 0.382 e. The number of hydrogen-bond acceptors (Lipinski definition) is 2. The Kier molecular flexibility index (Phi) is 3.28. The summed E-state index contributed by atoms with van der Waals surface area (Å²) in [5.41, 5.74) is 3.80. The molecule has 16 heavy (non-hydrogen) atoms. The van der Waals surface area contributed by atoms with Crippen molar-refractivity contribution in [3.63, 3.8) is 0 Å². The molecule has 2 rings (SSSR count). The van der Waals surface area contributed by atoms with Crippen LogP contribution in [0.25, 0.3) is 0 Å². The zero-order valence-electron chi connectivity index (χ0n) is 10.0. The molecule has 0 heterocycles. The van der Waals surface area contributed by atoms with Crippen LogP contribution in [0, 0.1) is 13.8 Å². The van der Waals surface area contributed by atoms with Gasteiger partial charge < -0.3 is 5.32 Å². The number of carbonyl (C=O) groups is 1. The van der Waals surface area contributed by atoms with Crippen molar-refractivity contribution in [3.8, 4) is 0 Å². The molecule has 1 aliphatic rings. The van der Waals surface area contributed by atoms with Gasteiger partial charge in [0.05, 0.1) is 0 Å². The van der Waals surface area contributed by atoms with Crippen LogP contribution in [0.2, 0.25) is 0 Å². The fourth-order valence-electron chi connectivity index (χ4n) is 2.28. The lowest BCUT2D eigenvalue weighted by molar-refractivity contribution is -0.120. The number of carbonyl (C=O) groups excluding carboxylic acids is 1. The summed E-state index contributed by atoms with van der Waals surface area (Å²) in [4.78, 5) is 11.1. The number of benzene rings is 1. The Morgan fingerprint density at radius 1 is 1.19 bits per heavy atom. The highest BCUT2D eigenvalue weighted by Gasteiger charge is 2.18. The minimum Gasteiger partial charge on any atom is -0.382 e. The van der Waals surface area contributed by atoms with Crippen molar-refractivity contribution < 1.29 is 4.79 Å². The third-order valence-corrected chi connectivity index (χ3v) is 3.28. The van der Waals surface area contributed by atoms with E-state index in [0.717, 1.165) is 25.7 Å². The predicted molar refractivity (Wildman–Crippen MR) is 66.8 cm³/mol. The van der Waals surface area contributed by atoms with Crippen LogP contribution in [-0.2, 0) is 4.79 Å². The van der Waals surface area contributed by atoms with Gasteiger partial charge in [0.15, 0.2) is 0 Å². The Balaban J connectivity index is 2.01. The van der Waals surface area contributed by atoms with Gasteiger partial charge in [0.25, 0.3) is 0 Å². The first kappa shape index (κ1) is 11.2. The highest BCUT2D eigenvalue weighted by atomic mass is 16.1. The minimum atomic E-state index is 0.415. The number of ketones is 1. The van der Waals surface area contributed by atoms with Gasteiger partial charge in [0, 0.05) is 24.6 Å². The molecule has 1 aromatic rings. The monoisotopic (exact) mass is 217 g/mol. The van der Waals surface area contributed by atoms with Gasteiger partial charge in [0.2, 0.25) is 0 Å². The van der Waals surface area contributed by atoms with Gasteiger partial charge >= 0.3 is 0 Å². The van der Waals surface area contributed by atoms with Crippen molar-refractivity contribution in [3.05, 3.63) is 29.3 Å². The van der Waals surface area contributed by atoms with Gasteiger partial charge in [-0.3, -0.25) is 4.79 Å². The highest BCUT2D eigenvalue weighted by Crippen LogP contribution is 2.22. The summed E-state index contributed by atoms with van der Waals surface area (Å²) in [5.74, 6) is 0.415. The van der Waals surface area contributed by atoms with E-state index in [9.17, 15) is 4.79 Å². The maximum absolute atomic E-state index is 11.1. The summed E-state index contributed by atoms with van der Waals surface area (Å²) < 4.78 is 0. The van der Waals surface area contributed by atoms with Crippen LogP contribution in [0.4, 0.5) is 5.69 Å². The maximum Gasteiger partial charge on any atom is 0.133 e. The van der Waals surface area contributed by atoms with E-state index >= 15 is 0 Å². The first-order valence-electron chi connectivity index (χ1n) is 6.00. The van der Waals surface area contributed by atoms with Gasteiger partial charge in [-0.1, -0.05) is 17.7 Å². The molecule has 1 fully saturated rings. The lowest BCUT2D eigenvalue weighted by atomic mass is 9.94. The highest BCUT2D eigenvalue weighted by molar-refractivity contribution is 5.79. The van der Waals surface area contributed by atoms with Crippen LogP contribution in [0.15, 0.2) is 18.2 Å². The molecule has 0 aromatic heterocycles. The lowest BCUT2D eigenvalue weighted by Gasteiger charge is -2.24. The average Bonchev–Trinajstić information content (AvgIpc) is 2.25. The molecule has 0 radical (unpaired) electrons. The van der Waals surface area contributed by atoms with E-state index in [1.165, 1.54) is 16.8 Å². The lowest BCUT2D eigenvalue weighted by Crippen LogP contribution is -2.26. The second-order valence-electron chi connectivity index (χ2n) is 4.78. The number of anilines is 1. The molecule has 86 valence electrons. The zero-order valence-corrected chi connectivity index (χ0v) is 10.0. The van der Waals surface area contributed by atoms with E-state index in [0.29, 0.717) is 11.8 Å². The van der Waals surface area contributed by atoms with Crippen LogP contribution < -0.4 is 5.32 Å². The summed E-state index contributed by atoms with van der Waals surface area (Å²) >= 11 is 0. The van der Waals surface area contributed by atoms with E-state index in [-0.39, 0.29) is 0 Å². The van der Waals surface area contributed by atoms with Crippen molar-refractivity contribution in [2.75, 3.05) is 5.32 Å². The number of hydrogen-bond donors (Lipinski definition) is 1. The predicted octanol–water partition coefficient (Wildman–Crippen LogP) is 3.23. The van der Waals surface area contributed by atoms with E-state index < -0.39 is 0 Å². The second kappa shape index (κ2) is 4.69. The fourth-order valence-corrected chi connectivity index (χ4v) is 2.28. The Labute approximate surface area is 97.1 Å². The molecule has 2 nitrogen and oxygen atoms in total. The number of nitrogens with one attached hydrogen (secondary N) is 1. The van der Waals surface area contributed by atoms with Gasteiger partial charge in [-0.05, 0) is 38.3 Å². The molecule has 0 bridgehead atoms. The summed E-state index contributed by atoms with van der Waals surface area (Å²) in [6.07, 6.45) is 3.43. The van der Waals surface area contributed by atoms with Crippen LogP contribution in [0.5, 0.6) is 0 Å². The number of Topliss-reactive ketones (excluding diaryl/α,β-unsaturated/α-hetero) is 1. The standard InChI is InChI=1S/C14H19NO/c1-10-3-8-14(11(2)9-10)15-12-4-6-13(16)7-5-12/h3,8-9,12,15H,4-7H2,1-2H3. The molecule has 0 aliphatic heterocycles. The molecule has 1 N–H and O–H groups in total. The molecule has 1 aliphatic carbocycles. The van der Waals surface area contributed by atoms with Crippen LogP contribution in [-0.4, -0.2) is 11.8 Å². The summed E-state index contributed by atoms with van der Waals surface area (Å²) in [6.45, 7) is 4.24. The van der Waals surface area contributed by atoms with E-state index in [1.54, 1.807) is 0 Å². The second-order valence-corrected chi connectivity index (χ2v) is 4.78. The molecular weight excluding hydrogens is 198 g/mol. The maximum atomic E-state index is 11.1. The van der Waals surface area contributed by atoms with Crippen LogP contribution in [0.1, 0.15) is 36.8 Å². The van der Waals surface area contributed by atoms with Gasteiger partial charge in [-0.2, -0.15) is 0 Å². The average molecular weight is 217 g/mol. The molecule has 0 saturated heterocycles. The van der Waals surface area contributed by atoms with E-state index in [4.69, 9.17) is 0 Å². The first-order chi connectivity index (χ1) is 7.65. The normalized spacial score (nSPS) is 17.5. The quantitative estimate of drug-likeness (QED) is 0.824. The van der Waals surface area contributed by atoms with Gasteiger partial charge in [-0.15, -0.1) is 0 Å². The Bertz CT molecular complexity index is 388. The summed E-state index contributed by atoms with van der Waals surface area (Å²) in [7, 11) is 0. The van der Waals surface area contributed by atoms with Crippen molar-refractivity contribution in [1.29, 1.82) is 0 Å². The Morgan fingerprint density at radius 3 is 2.50 bits per heavy atom. The molecule has 1 aromatic carbocycles. The SMILES string of the molecule is Cc1ccc(NC2CCC(=O)CC2)c(C)c1. The third kappa shape index (κ3) is 2.63. The molecule has 0 amide bonds. The van der Waals surface area contributed by atoms with E-state index in [2.05, 4.69) is 37.4 Å². The third-order valence-electron chi connectivity index (χ3n) is 3.28. The molecular formula is C14H19NO. The van der Waals surface area contributed by atoms with Crippen molar-refractivity contribution >= 4 is 11.5 Å². The Morgan fingerprint density at radius 2 is 1.88 bits per heavy atom. The minimum absolute atomic E-state index is 0.415. The summed E-state index contributed by atoms with van der Waals surface area (Å²) in [5, 5.41) is 3.54. The fraction of sp³-hybridized carbons (Fsp3) is 0.500.